The van der Waals surface area contributed by atoms with Gasteiger partial charge < -0.3 is 15.4 Å². The van der Waals surface area contributed by atoms with Crippen molar-refractivity contribution in [2.24, 2.45) is 0 Å². The minimum Gasteiger partial charge on any atom is -0.445 e. The van der Waals surface area contributed by atoms with Crippen molar-refractivity contribution in [2.45, 2.75) is 26.5 Å². The summed E-state index contributed by atoms with van der Waals surface area (Å²) in [6.07, 6.45) is 1.21. The molecule has 1 atom stereocenters. The van der Waals surface area contributed by atoms with Crippen LogP contribution in [-0.2, 0) is 16.1 Å². The van der Waals surface area contributed by atoms with Crippen molar-refractivity contribution in [1.29, 1.82) is 0 Å². The third kappa shape index (κ3) is 6.84. The minimum absolute atomic E-state index is 0.146. The summed E-state index contributed by atoms with van der Waals surface area (Å²) in [5, 5.41) is 5.38. The predicted octanol–water partition coefficient (Wildman–Crippen LogP) is 5.34. The van der Waals surface area contributed by atoms with E-state index in [4.69, 9.17) is 4.74 Å². The number of benzene rings is 2. The highest BCUT2D eigenvalue weighted by Crippen LogP contribution is 2.26. The fourth-order valence-corrected chi connectivity index (χ4v) is 2.80. The lowest BCUT2D eigenvalue weighted by Gasteiger charge is -2.16. The van der Waals surface area contributed by atoms with E-state index in [1.54, 1.807) is 13.0 Å². The number of alkyl carbamates (subject to hydrolysis) is 1. The molecule has 0 spiro atoms. The molecule has 0 aliphatic rings. The van der Waals surface area contributed by atoms with Crippen LogP contribution >= 0.6 is 31.9 Å². The summed E-state index contributed by atoms with van der Waals surface area (Å²) < 4.78 is 5.90. The lowest BCUT2D eigenvalue weighted by atomic mass is 10.1. The van der Waals surface area contributed by atoms with Crippen LogP contribution < -0.4 is 10.6 Å². The van der Waals surface area contributed by atoms with Gasteiger partial charge in [-0.1, -0.05) is 42.5 Å². The molecule has 0 aliphatic carbocycles. The number of halogens is 2. The number of amides is 2. The van der Waals surface area contributed by atoms with Crippen molar-refractivity contribution in [1.82, 2.24) is 5.32 Å². The zero-order chi connectivity index (χ0) is 19.8. The van der Waals surface area contributed by atoms with Crippen molar-refractivity contribution in [3.8, 4) is 0 Å². The molecule has 2 amide bonds. The highest BCUT2D eigenvalue weighted by atomic mass is 79.9. The molecule has 0 aliphatic heterocycles. The number of ether oxygens (including phenoxy) is 1. The van der Waals surface area contributed by atoms with E-state index >= 15 is 0 Å². The molecule has 2 aromatic carbocycles. The Bertz CT molecular complexity index is 834. The van der Waals surface area contributed by atoms with Crippen LogP contribution in [0.15, 0.2) is 51.9 Å². The van der Waals surface area contributed by atoms with E-state index in [1.807, 2.05) is 55.5 Å². The molecule has 2 N–H and O–H groups in total. The Kier molecular flexibility index (Phi) is 8.06. The van der Waals surface area contributed by atoms with E-state index in [9.17, 15) is 9.59 Å². The van der Waals surface area contributed by atoms with Crippen molar-refractivity contribution >= 4 is 55.6 Å². The molecule has 7 heteroatoms. The molecule has 0 saturated carbocycles. The third-order valence-corrected chi connectivity index (χ3v) is 4.23. The first-order valence-corrected chi connectivity index (χ1v) is 9.86. The van der Waals surface area contributed by atoms with Gasteiger partial charge >= 0.3 is 6.09 Å². The van der Waals surface area contributed by atoms with Gasteiger partial charge in [-0.05, 0) is 69.0 Å². The van der Waals surface area contributed by atoms with E-state index in [2.05, 4.69) is 42.5 Å². The Labute approximate surface area is 175 Å². The number of carbonyl (C=O) groups excluding carboxylic acids is 2. The lowest BCUT2D eigenvalue weighted by Crippen LogP contribution is -2.41. The van der Waals surface area contributed by atoms with Gasteiger partial charge in [0.25, 0.3) is 0 Å². The van der Waals surface area contributed by atoms with Crippen LogP contribution in [0.5, 0.6) is 0 Å². The SMILES string of the molecule is Cc1cccc(NC(=O)[C@H](C)NC(=O)OCc2ccccc2)c1C=C(Br)Br. The Hall–Kier alpha value is -2.12. The molecule has 0 fully saturated rings. The van der Waals surface area contributed by atoms with Crippen LogP contribution in [0.3, 0.4) is 0 Å². The molecule has 0 heterocycles. The molecule has 0 unspecified atom stereocenters. The third-order valence-electron chi connectivity index (χ3n) is 3.78. The zero-order valence-electron chi connectivity index (χ0n) is 15.0. The first-order valence-electron chi connectivity index (χ1n) is 8.27. The lowest BCUT2D eigenvalue weighted by molar-refractivity contribution is -0.117. The van der Waals surface area contributed by atoms with Crippen LogP contribution in [-0.4, -0.2) is 18.0 Å². The maximum atomic E-state index is 12.4. The molecular weight excluding hydrogens is 476 g/mol. The second kappa shape index (κ2) is 10.3. The fourth-order valence-electron chi connectivity index (χ4n) is 2.34. The molecule has 142 valence electrons. The van der Waals surface area contributed by atoms with E-state index in [0.29, 0.717) is 5.69 Å². The maximum Gasteiger partial charge on any atom is 0.408 e. The van der Waals surface area contributed by atoms with Gasteiger partial charge in [0, 0.05) is 11.3 Å². The molecule has 0 saturated heterocycles. The average Bonchev–Trinajstić information content (AvgIpc) is 2.63. The normalized spacial score (nSPS) is 11.3. The predicted molar refractivity (Wildman–Crippen MR) is 115 cm³/mol. The molecule has 2 aromatic rings. The van der Waals surface area contributed by atoms with E-state index in [1.165, 1.54) is 0 Å². The second-order valence-electron chi connectivity index (χ2n) is 5.89. The summed E-state index contributed by atoms with van der Waals surface area (Å²) >= 11 is 6.67. The Balaban J connectivity index is 1.95. The number of anilines is 1. The highest BCUT2D eigenvalue weighted by Gasteiger charge is 2.18. The van der Waals surface area contributed by atoms with Crippen LogP contribution in [0, 0.1) is 6.92 Å². The standard InChI is InChI=1S/C20H20Br2N2O3/c1-13-7-6-10-17(16(13)11-18(21)22)24-19(25)14(2)23-20(26)27-12-15-8-4-3-5-9-15/h3-11,14H,12H2,1-2H3,(H,23,26)(H,24,25)/t14-/m0/s1. The highest BCUT2D eigenvalue weighted by molar-refractivity contribution is 9.28. The van der Waals surface area contributed by atoms with Gasteiger partial charge in [0.15, 0.2) is 0 Å². The van der Waals surface area contributed by atoms with Crippen LogP contribution in [0.1, 0.15) is 23.6 Å². The summed E-state index contributed by atoms with van der Waals surface area (Å²) in [5.74, 6) is -0.336. The van der Waals surface area contributed by atoms with Crippen molar-refractivity contribution in [3.05, 3.63) is 68.6 Å². The topological polar surface area (TPSA) is 67.4 Å². The summed E-state index contributed by atoms with van der Waals surface area (Å²) in [5.41, 5.74) is 3.41. The number of hydrogen-bond acceptors (Lipinski definition) is 3. The maximum absolute atomic E-state index is 12.4. The molecule has 2 rings (SSSR count). The van der Waals surface area contributed by atoms with E-state index in [0.717, 1.165) is 20.1 Å². The van der Waals surface area contributed by atoms with Crippen LogP contribution in [0.4, 0.5) is 10.5 Å². The molecular formula is C20H20Br2N2O3. The van der Waals surface area contributed by atoms with Gasteiger partial charge in [-0.25, -0.2) is 4.79 Å². The first kappa shape index (κ1) is 21.2. The van der Waals surface area contributed by atoms with Crippen molar-refractivity contribution < 1.29 is 14.3 Å². The zero-order valence-corrected chi connectivity index (χ0v) is 18.1. The Morgan fingerprint density at radius 1 is 1.11 bits per heavy atom. The molecule has 5 nitrogen and oxygen atoms in total. The quantitative estimate of drug-likeness (QED) is 0.568. The molecule has 27 heavy (non-hydrogen) atoms. The number of aryl methyl sites for hydroxylation is 1. The first-order chi connectivity index (χ1) is 12.9. The van der Waals surface area contributed by atoms with E-state index < -0.39 is 12.1 Å². The van der Waals surface area contributed by atoms with Crippen LogP contribution in [0.25, 0.3) is 6.08 Å². The second-order valence-corrected chi connectivity index (χ2v) is 8.66. The fraction of sp³-hybridized carbons (Fsp3) is 0.200. The minimum atomic E-state index is -0.752. The molecule has 0 radical (unpaired) electrons. The summed E-state index contributed by atoms with van der Waals surface area (Å²) in [4.78, 5) is 24.4. The van der Waals surface area contributed by atoms with Gasteiger partial charge in [0.1, 0.15) is 12.6 Å². The van der Waals surface area contributed by atoms with Gasteiger partial charge in [-0.2, -0.15) is 0 Å². The number of carbonyl (C=O) groups is 2. The van der Waals surface area contributed by atoms with Gasteiger partial charge in [-0.3, -0.25) is 4.79 Å². The molecule has 0 bridgehead atoms. The average molecular weight is 496 g/mol. The van der Waals surface area contributed by atoms with Gasteiger partial charge in [-0.15, -0.1) is 0 Å². The van der Waals surface area contributed by atoms with Crippen LogP contribution in [0.2, 0.25) is 0 Å². The van der Waals surface area contributed by atoms with E-state index in [-0.39, 0.29) is 12.5 Å². The molecule has 0 aromatic heterocycles. The van der Waals surface area contributed by atoms with Gasteiger partial charge in [0.05, 0.1) is 3.39 Å². The van der Waals surface area contributed by atoms with Crippen molar-refractivity contribution in [3.63, 3.8) is 0 Å². The van der Waals surface area contributed by atoms with Crippen molar-refractivity contribution in [2.75, 3.05) is 5.32 Å². The number of rotatable bonds is 6. The summed E-state index contributed by atoms with van der Waals surface area (Å²) in [6, 6.07) is 14.2. The largest absolute Gasteiger partial charge is 0.445 e. The monoisotopic (exact) mass is 494 g/mol. The summed E-state index contributed by atoms with van der Waals surface area (Å²) in [6.45, 7) is 3.70. The smallest absolute Gasteiger partial charge is 0.408 e. The number of nitrogens with one attached hydrogen (secondary N) is 2. The number of hydrogen-bond donors (Lipinski definition) is 2. The van der Waals surface area contributed by atoms with Gasteiger partial charge in [0.2, 0.25) is 5.91 Å². The summed E-state index contributed by atoms with van der Waals surface area (Å²) in [7, 11) is 0. The Morgan fingerprint density at radius 2 is 1.81 bits per heavy atom. The Morgan fingerprint density at radius 3 is 2.48 bits per heavy atom.